The summed E-state index contributed by atoms with van der Waals surface area (Å²) in [6.07, 6.45) is 1.86. The third-order valence-electron chi connectivity index (χ3n) is 5.77. The van der Waals surface area contributed by atoms with Crippen LogP contribution in [0, 0.1) is 13.8 Å². The Balaban J connectivity index is 1.65. The number of anilines is 1. The number of hydrogen-bond donors (Lipinski definition) is 1. The van der Waals surface area contributed by atoms with Gasteiger partial charge in [-0.15, -0.1) is 0 Å². The summed E-state index contributed by atoms with van der Waals surface area (Å²) >= 11 is 4.19. The van der Waals surface area contributed by atoms with Crippen LogP contribution in [0.2, 0.25) is 0 Å². The summed E-state index contributed by atoms with van der Waals surface area (Å²) in [5, 5.41) is 2.27. The molecule has 202 valence electrons. The van der Waals surface area contributed by atoms with Gasteiger partial charge in [-0.1, -0.05) is 13.0 Å². The minimum Gasteiger partial charge on any atom is -0.493 e. The van der Waals surface area contributed by atoms with Gasteiger partial charge in [0.2, 0.25) is 0 Å². The van der Waals surface area contributed by atoms with Crippen LogP contribution in [-0.4, -0.2) is 54.3 Å². The number of hydrogen-bond acceptors (Lipinski definition) is 8. The Morgan fingerprint density at radius 1 is 1.13 bits per heavy atom. The maximum Gasteiger partial charge on any atom is 0.326 e. The van der Waals surface area contributed by atoms with E-state index in [4.69, 9.17) is 14.2 Å². The van der Waals surface area contributed by atoms with Gasteiger partial charge in [-0.3, -0.25) is 24.1 Å². The zero-order valence-corrected chi connectivity index (χ0v) is 24.2. The van der Waals surface area contributed by atoms with Crippen molar-refractivity contribution >= 4 is 62.5 Å². The number of amides is 3. The van der Waals surface area contributed by atoms with Crippen molar-refractivity contribution in [2.24, 2.45) is 0 Å². The summed E-state index contributed by atoms with van der Waals surface area (Å²) in [4.78, 5) is 50.6. The Hall–Kier alpha value is -3.31. The topological polar surface area (TPSA) is 111 Å². The van der Waals surface area contributed by atoms with Gasteiger partial charge < -0.3 is 19.5 Å². The number of carbonyl (C=O) groups excluding carboxylic acids is 4. The molecular formula is C27H29BrN2O7S. The smallest absolute Gasteiger partial charge is 0.326 e. The third kappa shape index (κ3) is 7.38. The molecule has 3 rings (SSSR count). The molecule has 1 saturated heterocycles. The van der Waals surface area contributed by atoms with E-state index in [9.17, 15) is 19.2 Å². The van der Waals surface area contributed by atoms with Gasteiger partial charge in [0.25, 0.3) is 17.1 Å². The van der Waals surface area contributed by atoms with E-state index in [0.29, 0.717) is 29.2 Å². The molecule has 0 aromatic heterocycles. The number of ether oxygens (including phenoxy) is 3. The maximum absolute atomic E-state index is 12.7. The molecule has 1 N–H and O–H groups in total. The van der Waals surface area contributed by atoms with E-state index >= 15 is 0 Å². The fourth-order valence-corrected chi connectivity index (χ4v) is 4.76. The van der Waals surface area contributed by atoms with Crippen LogP contribution in [0.1, 0.15) is 37.0 Å². The molecule has 1 aliphatic heterocycles. The van der Waals surface area contributed by atoms with Crippen molar-refractivity contribution in [3.63, 3.8) is 0 Å². The average molecular weight is 606 g/mol. The molecule has 0 aliphatic carbocycles. The average Bonchev–Trinajstić information content (AvgIpc) is 3.13. The number of imide groups is 1. The van der Waals surface area contributed by atoms with Gasteiger partial charge in [-0.2, -0.15) is 0 Å². The van der Waals surface area contributed by atoms with Crippen LogP contribution in [-0.2, 0) is 19.1 Å². The third-order valence-corrected chi connectivity index (χ3v) is 7.33. The molecule has 0 unspecified atom stereocenters. The lowest BCUT2D eigenvalue weighted by Gasteiger charge is -2.15. The summed E-state index contributed by atoms with van der Waals surface area (Å²) < 4.78 is 17.0. The van der Waals surface area contributed by atoms with E-state index in [1.807, 2.05) is 32.9 Å². The molecule has 2 aromatic rings. The number of thioether (sulfide) groups is 1. The first-order valence-electron chi connectivity index (χ1n) is 11.8. The molecule has 9 nitrogen and oxygen atoms in total. The molecule has 1 fully saturated rings. The standard InChI is InChI=1S/C27H29BrN2O7S/c1-6-17(4)37-25(32)13-30-26(33)23(38-27(30)34)12-18-7-8-21(22(11-18)35-5)36-14-24(31)29-20-10-16(3)15(2)9-19(20)28/h7-12,17H,6,13-14H2,1-5H3,(H,29,31)/b23-12+/t17-/m1/s1. The number of esters is 1. The predicted molar refractivity (Wildman–Crippen MR) is 149 cm³/mol. The van der Waals surface area contributed by atoms with Crippen LogP contribution in [0.15, 0.2) is 39.7 Å². The minimum atomic E-state index is -0.639. The number of halogens is 1. The Morgan fingerprint density at radius 2 is 1.84 bits per heavy atom. The van der Waals surface area contributed by atoms with Crippen molar-refractivity contribution in [3.8, 4) is 11.5 Å². The molecule has 0 radical (unpaired) electrons. The summed E-state index contributed by atoms with van der Waals surface area (Å²) in [7, 11) is 1.45. The first-order chi connectivity index (χ1) is 18.0. The normalized spacial score (nSPS) is 15.0. The van der Waals surface area contributed by atoms with E-state index < -0.39 is 23.7 Å². The van der Waals surface area contributed by atoms with Crippen LogP contribution in [0.3, 0.4) is 0 Å². The molecule has 38 heavy (non-hydrogen) atoms. The predicted octanol–water partition coefficient (Wildman–Crippen LogP) is 5.47. The summed E-state index contributed by atoms with van der Waals surface area (Å²) in [6, 6.07) is 8.71. The van der Waals surface area contributed by atoms with E-state index in [-0.39, 0.29) is 23.5 Å². The van der Waals surface area contributed by atoms with Gasteiger partial charge in [0, 0.05) is 4.47 Å². The molecule has 0 saturated carbocycles. The number of methoxy groups -OCH3 is 1. The summed E-state index contributed by atoms with van der Waals surface area (Å²) in [5.74, 6) is -0.884. The molecule has 1 aliphatic rings. The number of nitrogens with one attached hydrogen (secondary N) is 1. The van der Waals surface area contributed by atoms with E-state index in [0.717, 1.165) is 32.3 Å². The molecule has 1 atom stereocenters. The van der Waals surface area contributed by atoms with Gasteiger partial charge in [-0.05, 0) is 102 Å². The Kier molecular flexibility index (Phi) is 9.98. The van der Waals surface area contributed by atoms with Crippen molar-refractivity contribution < 1.29 is 33.4 Å². The largest absolute Gasteiger partial charge is 0.493 e. The highest BCUT2D eigenvalue weighted by Gasteiger charge is 2.37. The van der Waals surface area contributed by atoms with Crippen molar-refractivity contribution in [1.82, 2.24) is 4.90 Å². The summed E-state index contributed by atoms with van der Waals surface area (Å²) in [5.41, 5.74) is 3.37. The van der Waals surface area contributed by atoms with Gasteiger partial charge in [0.1, 0.15) is 6.54 Å². The fraction of sp³-hybridized carbons (Fsp3) is 0.333. The Labute approximate surface area is 234 Å². The zero-order chi connectivity index (χ0) is 28.0. The highest BCUT2D eigenvalue weighted by atomic mass is 79.9. The zero-order valence-electron chi connectivity index (χ0n) is 21.8. The van der Waals surface area contributed by atoms with Crippen molar-refractivity contribution in [2.75, 3.05) is 25.6 Å². The van der Waals surface area contributed by atoms with E-state index in [1.165, 1.54) is 13.2 Å². The van der Waals surface area contributed by atoms with Crippen LogP contribution >= 0.6 is 27.7 Å². The molecule has 0 spiro atoms. The van der Waals surface area contributed by atoms with Crippen LogP contribution in [0.4, 0.5) is 10.5 Å². The Morgan fingerprint density at radius 3 is 2.53 bits per heavy atom. The van der Waals surface area contributed by atoms with Crippen molar-refractivity contribution in [2.45, 2.75) is 40.2 Å². The SMILES string of the molecule is CC[C@@H](C)OC(=O)CN1C(=O)S/C(=C/c2ccc(OCC(=O)Nc3cc(C)c(C)cc3Br)c(OC)c2)C1=O. The number of nitrogens with zero attached hydrogens (tertiary/aromatic N) is 1. The highest BCUT2D eigenvalue weighted by Crippen LogP contribution is 2.34. The van der Waals surface area contributed by atoms with Crippen LogP contribution < -0.4 is 14.8 Å². The molecule has 1 heterocycles. The lowest BCUT2D eigenvalue weighted by Crippen LogP contribution is -2.35. The van der Waals surface area contributed by atoms with Crippen LogP contribution in [0.5, 0.6) is 11.5 Å². The Bertz CT molecular complexity index is 1290. The maximum atomic E-state index is 12.7. The minimum absolute atomic E-state index is 0.167. The van der Waals surface area contributed by atoms with Gasteiger partial charge in [0.15, 0.2) is 18.1 Å². The highest BCUT2D eigenvalue weighted by molar-refractivity contribution is 9.10. The number of rotatable bonds is 10. The second kappa shape index (κ2) is 13.0. The van der Waals surface area contributed by atoms with Gasteiger partial charge in [0.05, 0.1) is 23.8 Å². The van der Waals surface area contributed by atoms with E-state index in [2.05, 4.69) is 21.2 Å². The van der Waals surface area contributed by atoms with Gasteiger partial charge >= 0.3 is 5.97 Å². The molecular weight excluding hydrogens is 576 g/mol. The monoisotopic (exact) mass is 604 g/mol. The molecule has 0 bridgehead atoms. The fourth-order valence-electron chi connectivity index (χ4n) is 3.36. The van der Waals surface area contributed by atoms with Crippen molar-refractivity contribution in [3.05, 3.63) is 56.4 Å². The molecule has 2 aromatic carbocycles. The first kappa shape index (κ1) is 29.2. The molecule has 3 amide bonds. The molecule has 11 heteroatoms. The van der Waals surface area contributed by atoms with Crippen LogP contribution in [0.25, 0.3) is 6.08 Å². The van der Waals surface area contributed by atoms with Gasteiger partial charge in [-0.25, -0.2) is 0 Å². The summed E-state index contributed by atoms with van der Waals surface area (Å²) in [6.45, 7) is 6.86. The number of benzene rings is 2. The quantitative estimate of drug-likeness (QED) is 0.281. The second-order valence-corrected chi connectivity index (χ2v) is 10.5. The number of carbonyl (C=O) groups is 4. The van der Waals surface area contributed by atoms with E-state index in [1.54, 1.807) is 25.1 Å². The lowest BCUT2D eigenvalue weighted by atomic mass is 10.1. The first-order valence-corrected chi connectivity index (χ1v) is 13.5. The number of aryl methyl sites for hydroxylation is 2. The second-order valence-electron chi connectivity index (χ2n) is 8.64. The lowest BCUT2D eigenvalue weighted by molar-refractivity contribution is -0.150. The van der Waals surface area contributed by atoms with Crippen molar-refractivity contribution in [1.29, 1.82) is 0 Å².